The molecule has 3 heterocycles. The zero-order chi connectivity index (χ0) is 25.7. The van der Waals surface area contributed by atoms with Gasteiger partial charge in [0.25, 0.3) is 5.56 Å². The van der Waals surface area contributed by atoms with Crippen molar-refractivity contribution in [2.45, 2.75) is 58.5 Å². The van der Waals surface area contributed by atoms with Crippen LogP contribution in [0.3, 0.4) is 0 Å². The molecule has 2 aromatic carbocycles. The minimum absolute atomic E-state index is 0.00590. The first-order chi connectivity index (χ1) is 18.0. The van der Waals surface area contributed by atoms with Crippen molar-refractivity contribution in [1.29, 1.82) is 0 Å². The topological polar surface area (TPSA) is 52.7 Å². The summed E-state index contributed by atoms with van der Waals surface area (Å²) in [6.45, 7) is 6.82. The maximum atomic E-state index is 13.2. The standard InChI is InChI=1S/C30H29BrN4OS/c1-4-34-30(36)25-26(31)24(37-29(25)27(33-34)20-15-16-20)17-23-18(2)32-35(19(23)3)28(21-11-7-5-8-12-21)22-13-9-6-10-14-22/h5-14,20,28H,4,15-17H2,1-3H3. The van der Waals surface area contributed by atoms with Gasteiger partial charge in [0.15, 0.2) is 0 Å². The molecule has 1 fully saturated rings. The molecule has 0 unspecified atom stereocenters. The summed E-state index contributed by atoms with van der Waals surface area (Å²) in [5, 5.41) is 10.6. The number of halogens is 1. The molecule has 5 aromatic rings. The van der Waals surface area contributed by atoms with E-state index in [0.717, 1.165) is 55.8 Å². The molecule has 3 aromatic heterocycles. The summed E-state index contributed by atoms with van der Waals surface area (Å²) < 4.78 is 5.75. The molecular formula is C30H29BrN4OS. The van der Waals surface area contributed by atoms with Crippen LogP contribution in [0.15, 0.2) is 69.9 Å². The molecule has 7 heteroatoms. The van der Waals surface area contributed by atoms with Gasteiger partial charge < -0.3 is 0 Å². The Kier molecular flexibility index (Phi) is 6.37. The summed E-state index contributed by atoms with van der Waals surface area (Å²) in [4.78, 5) is 14.4. The predicted molar refractivity (Wildman–Crippen MR) is 154 cm³/mol. The Labute approximate surface area is 228 Å². The van der Waals surface area contributed by atoms with E-state index < -0.39 is 0 Å². The molecule has 0 atom stereocenters. The van der Waals surface area contributed by atoms with E-state index in [2.05, 4.69) is 95.1 Å². The summed E-state index contributed by atoms with van der Waals surface area (Å²) in [6, 6.07) is 21.1. The average molecular weight is 574 g/mol. The molecule has 37 heavy (non-hydrogen) atoms. The number of thiophene rings is 1. The normalized spacial score (nSPS) is 13.6. The van der Waals surface area contributed by atoms with Gasteiger partial charge in [0.2, 0.25) is 0 Å². The number of rotatable bonds is 7. The maximum Gasteiger partial charge on any atom is 0.276 e. The lowest BCUT2D eigenvalue weighted by Crippen LogP contribution is -2.23. The molecule has 6 rings (SSSR count). The molecule has 5 nitrogen and oxygen atoms in total. The van der Waals surface area contributed by atoms with Gasteiger partial charge in [0, 0.05) is 39.5 Å². The molecule has 0 radical (unpaired) electrons. The SMILES string of the molecule is CCn1nc(C2CC2)c2sc(Cc3c(C)nn(C(c4ccccc4)c4ccccc4)c3C)c(Br)c2c1=O. The quantitative estimate of drug-likeness (QED) is 0.208. The Morgan fingerprint density at radius 3 is 2.19 bits per heavy atom. The van der Waals surface area contributed by atoms with Crippen molar-refractivity contribution in [2.24, 2.45) is 0 Å². The van der Waals surface area contributed by atoms with E-state index in [4.69, 9.17) is 10.2 Å². The van der Waals surface area contributed by atoms with E-state index in [0.29, 0.717) is 12.5 Å². The average Bonchev–Trinajstić information content (AvgIpc) is 3.66. The van der Waals surface area contributed by atoms with Crippen LogP contribution in [0.1, 0.15) is 70.4 Å². The van der Waals surface area contributed by atoms with Crippen LogP contribution in [0.2, 0.25) is 0 Å². The van der Waals surface area contributed by atoms with Gasteiger partial charge in [-0.05, 0) is 60.7 Å². The fraction of sp³-hybridized carbons (Fsp3) is 0.300. The number of fused-ring (bicyclic) bond motifs is 1. The number of nitrogens with zero attached hydrogens (tertiary/aromatic N) is 4. The minimum atomic E-state index is -0.0110. The molecule has 1 aliphatic carbocycles. The van der Waals surface area contributed by atoms with Gasteiger partial charge in [-0.1, -0.05) is 60.7 Å². The van der Waals surface area contributed by atoms with Gasteiger partial charge in [-0.15, -0.1) is 11.3 Å². The van der Waals surface area contributed by atoms with Crippen LogP contribution in [0.4, 0.5) is 0 Å². The largest absolute Gasteiger partial charge is 0.276 e. The second-order valence-electron chi connectivity index (χ2n) is 9.82. The summed E-state index contributed by atoms with van der Waals surface area (Å²) in [5.74, 6) is 0.475. The van der Waals surface area contributed by atoms with Gasteiger partial charge in [-0.25, -0.2) is 4.68 Å². The Morgan fingerprint density at radius 2 is 1.62 bits per heavy atom. The number of hydrogen-bond donors (Lipinski definition) is 0. The van der Waals surface area contributed by atoms with Crippen molar-refractivity contribution in [3.05, 3.63) is 114 Å². The lowest BCUT2D eigenvalue weighted by atomic mass is 9.98. The predicted octanol–water partition coefficient (Wildman–Crippen LogP) is 7.16. The second kappa shape index (κ2) is 9.69. The van der Waals surface area contributed by atoms with Crippen LogP contribution in [0, 0.1) is 13.8 Å². The van der Waals surface area contributed by atoms with Gasteiger partial charge in [0.05, 0.1) is 21.5 Å². The fourth-order valence-corrected chi connectivity index (χ4v) is 7.38. The number of hydrogen-bond acceptors (Lipinski definition) is 4. The first-order valence-electron chi connectivity index (χ1n) is 12.8. The Balaban J connectivity index is 1.46. The molecule has 188 valence electrons. The van der Waals surface area contributed by atoms with Crippen molar-refractivity contribution in [3.8, 4) is 0 Å². The van der Waals surface area contributed by atoms with E-state index in [9.17, 15) is 4.79 Å². The molecule has 0 saturated heterocycles. The molecular weight excluding hydrogens is 544 g/mol. The smallest absolute Gasteiger partial charge is 0.267 e. The van der Waals surface area contributed by atoms with Crippen LogP contribution in [-0.2, 0) is 13.0 Å². The van der Waals surface area contributed by atoms with E-state index in [-0.39, 0.29) is 11.6 Å². The van der Waals surface area contributed by atoms with Crippen molar-refractivity contribution in [3.63, 3.8) is 0 Å². The summed E-state index contributed by atoms with van der Waals surface area (Å²) in [6.07, 6.45) is 3.03. The van der Waals surface area contributed by atoms with Crippen molar-refractivity contribution >= 4 is 37.4 Å². The van der Waals surface area contributed by atoms with Crippen LogP contribution < -0.4 is 5.56 Å². The second-order valence-corrected chi connectivity index (χ2v) is 11.7. The van der Waals surface area contributed by atoms with E-state index in [1.54, 1.807) is 16.0 Å². The summed E-state index contributed by atoms with van der Waals surface area (Å²) in [7, 11) is 0. The summed E-state index contributed by atoms with van der Waals surface area (Å²) >= 11 is 5.54. The lowest BCUT2D eigenvalue weighted by Gasteiger charge is -2.21. The third-order valence-corrected chi connectivity index (χ3v) is 9.73. The lowest BCUT2D eigenvalue weighted by molar-refractivity contribution is 0.575. The van der Waals surface area contributed by atoms with Crippen molar-refractivity contribution in [2.75, 3.05) is 0 Å². The highest BCUT2D eigenvalue weighted by Crippen LogP contribution is 2.46. The zero-order valence-electron chi connectivity index (χ0n) is 21.2. The number of aromatic nitrogens is 4. The monoisotopic (exact) mass is 572 g/mol. The Bertz CT molecular complexity index is 1610. The van der Waals surface area contributed by atoms with Crippen molar-refractivity contribution in [1.82, 2.24) is 19.6 Å². The minimum Gasteiger partial charge on any atom is -0.267 e. The highest BCUT2D eigenvalue weighted by Gasteiger charge is 2.31. The molecule has 1 saturated carbocycles. The van der Waals surface area contributed by atoms with Crippen LogP contribution >= 0.6 is 27.3 Å². The fourth-order valence-electron chi connectivity index (χ4n) is 5.24. The van der Waals surface area contributed by atoms with Gasteiger partial charge in [-0.3, -0.25) is 9.48 Å². The van der Waals surface area contributed by atoms with E-state index >= 15 is 0 Å². The van der Waals surface area contributed by atoms with Crippen molar-refractivity contribution < 1.29 is 0 Å². The zero-order valence-corrected chi connectivity index (χ0v) is 23.6. The first-order valence-corrected chi connectivity index (χ1v) is 14.4. The molecule has 0 spiro atoms. The number of benzene rings is 2. The Hall–Kier alpha value is -3.03. The van der Waals surface area contributed by atoms with Crippen LogP contribution in [0.5, 0.6) is 0 Å². The first kappa shape index (κ1) is 24.3. The molecule has 0 aliphatic heterocycles. The van der Waals surface area contributed by atoms with Crippen LogP contribution in [0.25, 0.3) is 10.1 Å². The van der Waals surface area contributed by atoms with Gasteiger partial charge in [-0.2, -0.15) is 10.2 Å². The van der Waals surface area contributed by atoms with Gasteiger partial charge >= 0.3 is 0 Å². The Morgan fingerprint density at radius 1 is 1.00 bits per heavy atom. The molecule has 0 bridgehead atoms. The van der Waals surface area contributed by atoms with E-state index in [1.165, 1.54) is 16.7 Å². The van der Waals surface area contributed by atoms with Crippen LogP contribution in [-0.4, -0.2) is 19.6 Å². The third-order valence-electron chi connectivity index (χ3n) is 7.38. The van der Waals surface area contributed by atoms with Gasteiger partial charge in [0.1, 0.15) is 6.04 Å². The highest BCUT2D eigenvalue weighted by atomic mass is 79.9. The highest BCUT2D eigenvalue weighted by molar-refractivity contribution is 9.10. The molecule has 0 N–H and O–H groups in total. The summed E-state index contributed by atoms with van der Waals surface area (Å²) in [5.41, 5.74) is 6.86. The number of aryl methyl sites for hydroxylation is 2. The molecule has 0 amide bonds. The third kappa shape index (κ3) is 4.28. The van der Waals surface area contributed by atoms with E-state index in [1.807, 2.05) is 6.92 Å². The maximum absolute atomic E-state index is 13.2. The molecule has 1 aliphatic rings.